The van der Waals surface area contributed by atoms with Crippen LogP contribution in [-0.2, 0) is 4.79 Å². The Kier molecular flexibility index (Phi) is 4.37. The van der Waals surface area contributed by atoms with Crippen molar-refractivity contribution in [1.29, 1.82) is 0 Å². The number of oxime groups is 1. The maximum absolute atomic E-state index is 12.2. The number of hydrogen-bond donors (Lipinski definition) is 3. The van der Waals surface area contributed by atoms with Crippen LogP contribution < -0.4 is 11.1 Å². The van der Waals surface area contributed by atoms with Crippen molar-refractivity contribution in [2.45, 2.75) is 55.7 Å². The Morgan fingerprint density at radius 2 is 2.06 bits per heavy atom. The zero-order valence-electron chi connectivity index (χ0n) is 10.5. The number of carbonyl (C=O) groups is 1. The molecule has 1 saturated carbocycles. The van der Waals surface area contributed by atoms with Crippen molar-refractivity contribution >= 4 is 23.5 Å². The summed E-state index contributed by atoms with van der Waals surface area (Å²) in [4.78, 5) is 12.2. The molecule has 18 heavy (non-hydrogen) atoms. The molecule has 1 saturated heterocycles. The number of nitrogens with zero attached hydrogens (tertiary/aromatic N) is 1. The van der Waals surface area contributed by atoms with Gasteiger partial charge in [0.1, 0.15) is 5.54 Å². The van der Waals surface area contributed by atoms with E-state index < -0.39 is 5.54 Å². The summed E-state index contributed by atoms with van der Waals surface area (Å²) in [6, 6.07) is 0. The first-order chi connectivity index (χ1) is 8.68. The predicted molar refractivity (Wildman–Crippen MR) is 72.8 cm³/mol. The molecular formula is C12H21N3O2S. The lowest BCUT2D eigenvalue weighted by atomic mass is 9.80. The molecule has 6 heteroatoms. The van der Waals surface area contributed by atoms with Crippen molar-refractivity contribution in [2.24, 2.45) is 10.9 Å². The lowest BCUT2D eigenvalue weighted by Gasteiger charge is -2.37. The lowest BCUT2D eigenvalue weighted by Crippen LogP contribution is -2.59. The molecule has 1 aliphatic carbocycles. The third-order valence-corrected chi connectivity index (χ3v) is 5.27. The van der Waals surface area contributed by atoms with Crippen molar-refractivity contribution in [2.75, 3.05) is 5.75 Å². The average Bonchev–Trinajstić information content (AvgIpc) is 2.93. The fraction of sp³-hybridized carbons (Fsp3) is 0.833. The Morgan fingerprint density at radius 3 is 2.61 bits per heavy atom. The van der Waals surface area contributed by atoms with Gasteiger partial charge in [0.2, 0.25) is 5.91 Å². The third-order valence-electron chi connectivity index (χ3n) is 3.89. The number of hydrogen-bond acceptors (Lipinski definition) is 4. The zero-order valence-corrected chi connectivity index (χ0v) is 11.3. The summed E-state index contributed by atoms with van der Waals surface area (Å²) in [7, 11) is 0. The molecule has 0 spiro atoms. The van der Waals surface area contributed by atoms with E-state index in [2.05, 4.69) is 10.5 Å². The highest BCUT2D eigenvalue weighted by molar-refractivity contribution is 8.00. The van der Waals surface area contributed by atoms with E-state index in [1.54, 1.807) is 11.8 Å². The van der Waals surface area contributed by atoms with Gasteiger partial charge in [0.15, 0.2) is 5.84 Å². The highest BCUT2D eigenvalue weighted by Gasteiger charge is 2.39. The van der Waals surface area contributed by atoms with Gasteiger partial charge < -0.3 is 16.3 Å². The average molecular weight is 271 g/mol. The minimum Gasteiger partial charge on any atom is -0.409 e. The first kappa shape index (κ1) is 13.5. The van der Waals surface area contributed by atoms with E-state index in [0.717, 1.165) is 50.7 Å². The van der Waals surface area contributed by atoms with Crippen LogP contribution in [-0.4, -0.2) is 33.5 Å². The first-order valence-electron chi connectivity index (χ1n) is 6.59. The van der Waals surface area contributed by atoms with Crippen LogP contribution in [0.15, 0.2) is 5.16 Å². The summed E-state index contributed by atoms with van der Waals surface area (Å²) >= 11 is 1.70. The SMILES string of the molecule is NC(=NO)C1(NC(=O)C2CCCS2)CCCCC1. The second kappa shape index (κ2) is 5.82. The number of amides is 1. The topological polar surface area (TPSA) is 87.7 Å². The maximum Gasteiger partial charge on any atom is 0.233 e. The minimum absolute atomic E-state index is 0.0373. The monoisotopic (exact) mass is 271 g/mol. The van der Waals surface area contributed by atoms with Gasteiger partial charge in [-0.15, -0.1) is 11.8 Å². The van der Waals surface area contributed by atoms with Crippen LogP contribution >= 0.6 is 11.8 Å². The van der Waals surface area contributed by atoms with Gasteiger partial charge in [-0.3, -0.25) is 4.79 Å². The van der Waals surface area contributed by atoms with Gasteiger partial charge in [0, 0.05) is 0 Å². The number of carbonyl (C=O) groups excluding carboxylic acids is 1. The third kappa shape index (κ3) is 2.74. The van der Waals surface area contributed by atoms with E-state index in [1.807, 2.05) is 0 Å². The van der Waals surface area contributed by atoms with Crippen LogP contribution in [0.25, 0.3) is 0 Å². The van der Waals surface area contributed by atoms with E-state index in [1.165, 1.54) is 0 Å². The lowest BCUT2D eigenvalue weighted by molar-refractivity contribution is -0.122. The molecular weight excluding hydrogens is 250 g/mol. The Morgan fingerprint density at radius 1 is 1.33 bits per heavy atom. The highest BCUT2D eigenvalue weighted by Crippen LogP contribution is 2.31. The molecule has 1 unspecified atom stereocenters. The van der Waals surface area contributed by atoms with Crippen LogP contribution in [0, 0.1) is 0 Å². The summed E-state index contributed by atoms with van der Waals surface area (Å²) in [5.74, 6) is 1.25. The second-order valence-electron chi connectivity index (χ2n) is 5.12. The quantitative estimate of drug-likeness (QED) is 0.314. The molecule has 0 radical (unpaired) electrons. The van der Waals surface area contributed by atoms with Crippen molar-refractivity contribution in [3.63, 3.8) is 0 Å². The maximum atomic E-state index is 12.2. The van der Waals surface area contributed by atoms with Crippen LogP contribution in [0.1, 0.15) is 44.9 Å². The normalized spacial score (nSPS) is 28.0. The fourth-order valence-electron chi connectivity index (χ4n) is 2.80. The summed E-state index contributed by atoms with van der Waals surface area (Å²) in [6.45, 7) is 0. The van der Waals surface area contributed by atoms with E-state index in [0.29, 0.717) is 0 Å². The van der Waals surface area contributed by atoms with Gasteiger partial charge in [-0.05, 0) is 31.4 Å². The van der Waals surface area contributed by atoms with Gasteiger partial charge in [0.25, 0.3) is 0 Å². The molecule has 0 aromatic heterocycles. The van der Waals surface area contributed by atoms with Gasteiger partial charge in [-0.25, -0.2) is 0 Å². The molecule has 0 bridgehead atoms. The molecule has 2 aliphatic rings. The summed E-state index contributed by atoms with van der Waals surface area (Å²) in [5, 5.41) is 15.2. The van der Waals surface area contributed by atoms with Crippen molar-refractivity contribution in [3.8, 4) is 0 Å². The summed E-state index contributed by atoms with van der Waals surface area (Å²) in [5.41, 5.74) is 5.19. The number of nitrogens with two attached hydrogens (primary N) is 1. The molecule has 1 heterocycles. The van der Waals surface area contributed by atoms with E-state index in [9.17, 15) is 4.79 Å². The standard InChI is InChI=1S/C12H21N3O2S/c13-11(15-17)12(6-2-1-3-7-12)14-10(16)9-5-4-8-18-9/h9,17H,1-8H2,(H2,13,15)(H,14,16). The Labute approximate surface area is 112 Å². The summed E-state index contributed by atoms with van der Waals surface area (Å²) < 4.78 is 0. The van der Waals surface area contributed by atoms with Crippen LogP contribution in [0.2, 0.25) is 0 Å². The Balaban J connectivity index is 2.07. The van der Waals surface area contributed by atoms with Crippen molar-refractivity contribution in [1.82, 2.24) is 5.32 Å². The molecule has 2 fully saturated rings. The predicted octanol–water partition coefficient (Wildman–Crippen LogP) is 1.45. The first-order valence-corrected chi connectivity index (χ1v) is 7.64. The zero-order chi connectivity index (χ0) is 13.0. The molecule has 1 atom stereocenters. The molecule has 0 aromatic carbocycles. The number of amidine groups is 1. The molecule has 102 valence electrons. The molecule has 5 nitrogen and oxygen atoms in total. The molecule has 0 aromatic rings. The van der Waals surface area contributed by atoms with Crippen LogP contribution in [0.4, 0.5) is 0 Å². The van der Waals surface area contributed by atoms with Crippen molar-refractivity contribution < 1.29 is 10.0 Å². The molecule has 4 N–H and O–H groups in total. The van der Waals surface area contributed by atoms with Gasteiger partial charge in [-0.1, -0.05) is 24.4 Å². The number of nitrogens with one attached hydrogen (secondary N) is 1. The molecule has 1 aliphatic heterocycles. The van der Waals surface area contributed by atoms with Crippen LogP contribution in [0.5, 0.6) is 0 Å². The van der Waals surface area contributed by atoms with E-state index >= 15 is 0 Å². The minimum atomic E-state index is -0.618. The van der Waals surface area contributed by atoms with Gasteiger partial charge in [0.05, 0.1) is 5.25 Å². The van der Waals surface area contributed by atoms with E-state index in [-0.39, 0.29) is 17.0 Å². The largest absolute Gasteiger partial charge is 0.409 e. The van der Waals surface area contributed by atoms with Gasteiger partial charge >= 0.3 is 0 Å². The highest BCUT2D eigenvalue weighted by atomic mass is 32.2. The number of rotatable bonds is 3. The van der Waals surface area contributed by atoms with Gasteiger partial charge in [-0.2, -0.15) is 0 Å². The summed E-state index contributed by atoms with van der Waals surface area (Å²) in [6.07, 6.45) is 6.73. The Bertz CT molecular complexity index is 334. The molecule has 2 rings (SSSR count). The van der Waals surface area contributed by atoms with E-state index in [4.69, 9.17) is 10.9 Å². The van der Waals surface area contributed by atoms with Crippen molar-refractivity contribution in [3.05, 3.63) is 0 Å². The Hall–Kier alpha value is -0.910. The van der Waals surface area contributed by atoms with Crippen LogP contribution in [0.3, 0.4) is 0 Å². The molecule has 1 amide bonds. The second-order valence-corrected chi connectivity index (χ2v) is 6.43. The number of thioether (sulfide) groups is 1. The smallest absolute Gasteiger partial charge is 0.233 e. The fourth-order valence-corrected chi connectivity index (χ4v) is 3.96.